The summed E-state index contributed by atoms with van der Waals surface area (Å²) in [5.74, 6) is 2.30. The van der Waals surface area contributed by atoms with Crippen LogP contribution in [0.4, 0.5) is 0 Å². The van der Waals surface area contributed by atoms with E-state index < -0.39 is 0 Å². The second kappa shape index (κ2) is 11.4. The summed E-state index contributed by atoms with van der Waals surface area (Å²) in [6, 6.07) is 53.1. The van der Waals surface area contributed by atoms with Crippen molar-refractivity contribution < 1.29 is 8.83 Å². The SMILES string of the molecule is c1ccc(-c2nc(-c3cc(-c4ccccc4)c4ccccc4c3)nc(-c3cccc4oc5cc6nc(-c7ccccc7)oc6cc5c34)n2)cc1. The van der Waals surface area contributed by atoms with Crippen molar-refractivity contribution in [2.75, 3.05) is 0 Å². The highest BCUT2D eigenvalue weighted by Crippen LogP contribution is 2.40. The lowest BCUT2D eigenvalue weighted by atomic mass is 9.95. The Kier molecular flexibility index (Phi) is 6.39. The first-order valence-corrected chi connectivity index (χ1v) is 16.5. The van der Waals surface area contributed by atoms with Crippen LogP contribution in [0, 0.1) is 0 Å². The van der Waals surface area contributed by atoms with Crippen LogP contribution in [-0.4, -0.2) is 19.9 Å². The van der Waals surface area contributed by atoms with E-state index in [9.17, 15) is 0 Å². The van der Waals surface area contributed by atoms with Crippen LogP contribution < -0.4 is 0 Å². The number of benzene rings is 7. The highest BCUT2D eigenvalue weighted by Gasteiger charge is 2.20. The number of hydrogen-bond donors (Lipinski definition) is 0. The van der Waals surface area contributed by atoms with Crippen LogP contribution in [0.2, 0.25) is 0 Å². The molecule has 0 aliphatic rings. The van der Waals surface area contributed by atoms with Gasteiger partial charge in [-0.1, -0.05) is 115 Å². The number of fused-ring (bicyclic) bond motifs is 5. The Morgan fingerprint density at radius 1 is 0.360 bits per heavy atom. The van der Waals surface area contributed by atoms with Crippen molar-refractivity contribution in [1.29, 1.82) is 0 Å². The maximum atomic E-state index is 6.43. The van der Waals surface area contributed by atoms with E-state index in [0.29, 0.717) is 34.5 Å². The molecule has 0 amide bonds. The first kappa shape index (κ1) is 28.1. The standard InChI is InChI=1S/C44H26N4O2/c1-4-13-27(14-5-1)34-24-31(23-30-19-10-11-20-32(30)34)42-46-41(28-15-6-2-7-16-28)47-43(48-42)33-21-12-22-37-40(33)35-25-39-36(26-38(35)49-37)45-44(50-39)29-17-8-3-9-18-29/h1-26H. The molecule has 3 heterocycles. The molecule has 0 fully saturated rings. The lowest BCUT2D eigenvalue weighted by Gasteiger charge is -2.12. The van der Waals surface area contributed by atoms with Crippen molar-refractivity contribution in [1.82, 2.24) is 19.9 Å². The van der Waals surface area contributed by atoms with Gasteiger partial charge in [-0.25, -0.2) is 19.9 Å². The Labute approximate surface area is 286 Å². The van der Waals surface area contributed by atoms with Crippen molar-refractivity contribution in [3.63, 3.8) is 0 Å². The van der Waals surface area contributed by atoms with Gasteiger partial charge in [-0.2, -0.15) is 0 Å². The Morgan fingerprint density at radius 3 is 1.80 bits per heavy atom. The fraction of sp³-hybridized carbons (Fsp3) is 0. The minimum absolute atomic E-state index is 0.555. The van der Waals surface area contributed by atoms with Crippen LogP contribution in [0.1, 0.15) is 0 Å². The van der Waals surface area contributed by atoms with Crippen LogP contribution >= 0.6 is 0 Å². The number of nitrogens with zero attached hydrogens (tertiary/aromatic N) is 4. The van der Waals surface area contributed by atoms with Crippen LogP contribution in [0.15, 0.2) is 167 Å². The molecule has 0 saturated heterocycles. The topological polar surface area (TPSA) is 77.8 Å². The van der Waals surface area contributed by atoms with Gasteiger partial charge in [-0.15, -0.1) is 0 Å². The summed E-state index contributed by atoms with van der Waals surface area (Å²) in [6.45, 7) is 0. The average molecular weight is 643 g/mol. The summed E-state index contributed by atoms with van der Waals surface area (Å²) < 4.78 is 12.7. The minimum Gasteiger partial charge on any atom is -0.456 e. The molecule has 0 N–H and O–H groups in total. The fourth-order valence-electron chi connectivity index (χ4n) is 6.78. The van der Waals surface area contributed by atoms with Crippen LogP contribution in [0.25, 0.3) is 101 Å². The second-order valence-electron chi connectivity index (χ2n) is 12.3. The van der Waals surface area contributed by atoms with E-state index in [1.807, 2.05) is 97.1 Å². The number of oxazole rings is 1. The molecule has 3 aromatic heterocycles. The van der Waals surface area contributed by atoms with Gasteiger partial charge in [0.15, 0.2) is 23.1 Å². The van der Waals surface area contributed by atoms with Crippen LogP contribution in [-0.2, 0) is 0 Å². The summed E-state index contributed by atoms with van der Waals surface area (Å²) in [5, 5.41) is 4.09. The molecule has 234 valence electrons. The Balaban J connectivity index is 1.20. The maximum absolute atomic E-state index is 6.43. The largest absolute Gasteiger partial charge is 0.456 e. The molecular weight excluding hydrogens is 617 g/mol. The molecule has 10 aromatic rings. The number of furan rings is 1. The molecular formula is C44H26N4O2. The molecule has 0 aliphatic heterocycles. The third-order valence-corrected chi connectivity index (χ3v) is 9.14. The molecule has 50 heavy (non-hydrogen) atoms. The zero-order chi connectivity index (χ0) is 33.0. The van der Waals surface area contributed by atoms with Crippen molar-refractivity contribution in [3.8, 4) is 56.7 Å². The Morgan fingerprint density at radius 2 is 1.02 bits per heavy atom. The molecule has 0 unspecified atom stereocenters. The van der Waals surface area contributed by atoms with Crippen LogP contribution in [0.3, 0.4) is 0 Å². The first-order chi connectivity index (χ1) is 24.7. The molecule has 7 aromatic carbocycles. The maximum Gasteiger partial charge on any atom is 0.227 e. The van der Waals surface area contributed by atoms with E-state index in [4.69, 9.17) is 28.8 Å². The molecule has 10 rings (SSSR count). The summed E-state index contributed by atoms with van der Waals surface area (Å²) >= 11 is 0. The van der Waals surface area contributed by atoms with E-state index in [1.54, 1.807) is 0 Å². The molecule has 0 bridgehead atoms. The van der Waals surface area contributed by atoms with E-state index in [1.165, 1.54) is 5.39 Å². The van der Waals surface area contributed by atoms with Crippen molar-refractivity contribution in [2.45, 2.75) is 0 Å². The lowest BCUT2D eigenvalue weighted by molar-refractivity contribution is 0.620. The van der Waals surface area contributed by atoms with Crippen LogP contribution in [0.5, 0.6) is 0 Å². The molecule has 6 nitrogen and oxygen atoms in total. The highest BCUT2D eigenvalue weighted by molar-refractivity contribution is 6.14. The van der Waals surface area contributed by atoms with E-state index in [0.717, 1.165) is 60.6 Å². The molecule has 6 heteroatoms. The van der Waals surface area contributed by atoms with Gasteiger partial charge in [-0.05, 0) is 58.3 Å². The number of hydrogen-bond acceptors (Lipinski definition) is 6. The highest BCUT2D eigenvalue weighted by atomic mass is 16.4. The molecule has 0 spiro atoms. The van der Waals surface area contributed by atoms with Crippen molar-refractivity contribution >= 4 is 43.8 Å². The zero-order valence-corrected chi connectivity index (χ0v) is 26.6. The predicted molar refractivity (Wildman–Crippen MR) is 199 cm³/mol. The summed E-state index contributed by atoms with van der Waals surface area (Å²) in [7, 11) is 0. The smallest absolute Gasteiger partial charge is 0.227 e. The van der Waals surface area contributed by atoms with Gasteiger partial charge in [0.25, 0.3) is 0 Å². The first-order valence-electron chi connectivity index (χ1n) is 16.5. The van der Waals surface area contributed by atoms with E-state index in [2.05, 4.69) is 60.7 Å². The minimum atomic E-state index is 0.555. The normalized spacial score (nSPS) is 11.6. The molecule has 0 saturated carbocycles. The number of rotatable bonds is 5. The van der Waals surface area contributed by atoms with Gasteiger partial charge < -0.3 is 8.83 Å². The Bertz CT molecular complexity index is 2860. The van der Waals surface area contributed by atoms with E-state index >= 15 is 0 Å². The summed E-state index contributed by atoms with van der Waals surface area (Å²) in [6.07, 6.45) is 0. The lowest BCUT2D eigenvalue weighted by Crippen LogP contribution is -2.00. The van der Waals surface area contributed by atoms with Gasteiger partial charge in [0.05, 0.1) is 0 Å². The van der Waals surface area contributed by atoms with Gasteiger partial charge in [-0.3, -0.25) is 0 Å². The monoisotopic (exact) mass is 642 g/mol. The quantitative estimate of drug-likeness (QED) is 0.186. The van der Waals surface area contributed by atoms with Crippen molar-refractivity contribution in [2.24, 2.45) is 0 Å². The van der Waals surface area contributed by atoms with Gasteiger partial charge in [0.1, 0.15) is 16.7 Å². The van der Waals surface area contributed by atoms with E-state index in [-0.39, 0.29) is 0 Å². The summed E-state index contributed by atoms with van der Waals surface area (Å²) in [4.78, 5) is 20.1. The zero-order valence-electron chi connectivity index (χ0n) is 26.6. The average Bonchev–Trinajstić information content (AvgIpc) is 3.78. The van der Waals surface area contributed by atoms with Crippen molar-refractivity contribution in [3.05, 3.63) is 158 Å². The predicted octanol–water partition coefficient (Wildman–Crippen LogP) is 11.4. The molecule has 0 radical (unpaired) electrons. The third kappa shape index (κ3) is 4.73. The summed E-state index contributed by atoms with van der Waals surface area (Å²) in [5.41, 5.74) is 8.68. The second-order valence-corrected chi connectivity index (χ2v) is 12.3. The molecule has 0 aliphatic carbocycles. The van der Waals surface area contributed by atoms with Gasteiger partial charge >= 0.3 is 0 Å². The fourth-order valence-corrected chi connectivity index (χ4v) is 6.78. The van der Waals surface area contributed by atoms with Gasteiger partial charge in [0, 0.05) is 39.1 Å². The Hall–Kier alpha value is -6.92. The van der Waals surface area contributed by atoms with Gasteiger partial charge in [0.2, 0.25) is 5.89 Å². The molecule has 0 atom stereocenters. The number of aromatic nitrogens is 4. The third-order valence-electron chi connectivity index (χ3n) is 9.14.